The molecule has 1 fully saturated rings. The molecule has 1 aromatic carbocycles. The summed E-state index contributed by atoms with van der Waals surface area (Å²) in [6.07, 6.45) is 8.40. The van der Waals surface area contributed by atoms with Crippen molar-refractivity contribution in [2.24, 2.45) is 5.84 Å². The summed E-state index contributed by atoms with van der Waals surface area (Å²) in [5.41, 5.74) is 4.39. The molecule has 78 valence electrons. The summed E-state index contributed by atoms with van der Waals surface area (Å²) in [5.74, 6) is 8.27. The van der Waals surface area contributed by atoms with E-state index in [1.165, 1.54) is 18.4 Å². The highest BCUT2D eigenvalue weighted by Crippen LogP contribution is 2.51. The number of rotatable bonds is 4. The zero-order chi connectivity index (χ0) is 10.7. The average molecular weight is 200 g/mol. The van der Waals surface area contributed by atoms with Gasteiger partial charge in [0.2, 0.25) is 0 Å². The molecule has 1 aromatic rings. The van der Waals surface area contributed by atoms with Crippen LogP contribution in [0.25, 0.3) is 0 Å². The lowest BCUT2D eigenvalue weighted by atomic mass is 9.87. The number of terminal acetylenes is 1. The molecule has 0 bridgehead atoms. The standard InChI is InChI=1S/C13H16N2/c1-2-6-12(15-14)13(9-10-13)11-7-4-3-5-8-11/h1,3-5,7-8,12,15H,6,9-10,14H2. The first-order valence-electron chi connectivity index (χ1n) is 5.28. The quantitative estimate of drug-likeness (QED) is 0.440. The van der Waals surface area contributed by atoms with Crippen molar-refractivity contribution in [3.63, 3.8) is 0 Å². The van der Waals surface area contributed by atoms with Crippen LogP contribution in [0.15, 0.2) is 30.3 Å². The summed E-state index contributed by atoms with van der Waals surface area (Å²) in [5, 5.41) is 0. The van der Waals surface area contributed by atoms with E-state index < -0.39 is 0 Å². The first-order chi connectivity index (χ1) is 7.33. The maximum Gasteiger partial charge on any atom is 0.0416 e. The molecule has 1 aliphatic carbocycles. The highest BCUT2D eigenvalue weighted by molar-refractivity contribution is 5.34. The molecule has 1 unspecified atom stereocenters. The second kappa shape index (κ2) is 4.06. The van der Waals surface area contributed by atoms with E-state index in [-0.39, 0.29) is 11.5 Å². The summed E-state index contributed by atoms with van der Waals surface area (Å²) in [4.78, 5) is 0. The second-order valence-corrected chi connectivity index (χ2v) is 4.15. The fourth-order valence-electron chi connectivity index (χ4n) is 2.27. The third kappa shape index (κ3) is 1.77. The maximum atomic E-state index is 5.58. The van der Waals surface area contributed by atoms with Gasteiger partial charge in [0.15, 0.2) is 0 Å². The van der Waals surface area contributed by atoms with Crippen molar-refractivity contribution in [2.45, 2.75) is 30.7 Å². The Balaban J connectivity index is 2.24. The minimum Gasteiger partial charge on any atom is -0.271 e. The van der Waals surface area contributed by atoms with E-state index in [9.17, 15) is 0 Å². The van der Waals surface area contributed by atoms with E-state index in [2.05, 4.69) is 35.6 Å². The molecular weight excluding hydrogens is 184 g/mol. The molecule has 3 N–H and O–H groups in total. The molecular formula is C13H16N2. The third-order valence-corrected chi connectivity index (χ3v) is 3.33. The highest BCUT2D eigenvalue weighted by Gasteiger charge is 2.49. The van der Waals surface area contributed by atoms with Crippen LogP contribution in [0.3, 0.4) is 0 Å². The minimum absolute atomic E-state index is 0.183. The lowest BCUT2D eigenvalue weighted by molar-refractivity contribution is 0.431. The van der Waals surface area contributed by atoms with Crippen molar-refractivity contribution in [1.29, 1.82) is 0 Å². The van der Waals surface area contributed by atoms with Gasteiger partial charge in [-0.1, -0.05) is 30.3 Å². The van der Waals surface area contributed by atoms with Crippen molar-refractivity contribution in [1.82, 2.24) is 5.43 Å². The van der Waals surface area contributed by atoms with Gasteiger partial charge in [-0.15, -0.1) is 12.3 Å². The van der Waals surface area contributed by atoms with Gasteiger partial charge in [0.05, 0.1) is 0 Å². The van der Waals surface area contributed by atoms with Gasteiger partial charge < -0.3 is 0 Å². The van der Waals surface area contributed by atoms with Crippen LogP contribution in [0.4, 0.5) is 0 Å². The molecule has 15 heavy (non-hydrogen) atoms. The molecule has 0 amide bonds. The predicted octanol–water partition coefficient (Wildman–Crippen LogP) is 1.57. The van der Waals surface area contributed by atoms with Crippen LogP contribution in [0.2, 0.25) is 0 Å². The Morgan fingerprint density at radius 1 is 1.40 bits per heavy atom. The van der Waals surface area contributed by atoms with Crippen LogP contribution in [0.1, 0.15) is 24.8 Å². The lowest BCUT2D eigenvalue weighted by Gasteiger charge is -2.25. The van der Waals surface area contributed by atoms with E-state index >= 15 is 0 Å². The van der Waals surface area contributed by atoms with Crippen molar-refractivity contribution in [3.05, 3.63) is 35.9 Å². The molecule has 0 aliphatic heterocycles. The van der Waals surface area contributed by atoms with Gasteiger partial charge >= 0.3 is 0 Å². The first kappa shape index (κ1) is 10.2. The molecule has 1 atom stereocenters. The van der Waals surface area contributed by atoms with Crippen LogP contribution in [-0.2, 0) is 5.41 Å². The van der Waals surface area contributed by atoms with Gasteiger partial charge in [-0.25, -0.2) is 0 Å². The zero-order valence-corrected chi connectivity index (χ0v) is 8.74. The topological polar surface area (TPSA) is 38.0 Å². The van der Waals surface area contributed by atoms with E-state index in [4.69, 9.17) is 12.3 Å². The Bertz CT molecular complexity index is 360. The summed E-state index contributed by atoms with van der Waals surface area (Å²) in [6.45, 7) is 0. The van der Waals surface area contributed by atoms with Crippen molar-refractivity contribution >= 4 is 0 Å². The number of benzene rings is 1. The molecule has 0 saturated heterocycles. The Labute approximate surface area is 90.8 Å². The van der Waals surface area contributed by atoms with Crippen molar-refractivity contribution in [3.8, 4) is 12.3 Å². The van der Waals surface area contributed by atoms with Crippen LogP contribution in [-0.4, -0.2) is 6.04 Å². The molecule has 1 saturated carbocycles. The molecule has 2 rings (SSSR count). The molecule has 2 nitrogen and oxygen atoms in total. The highest BCUT2D eigenvalue weighted by atomic mass is 15.2. The maximum absolute atomic E-state index is 5.58. The van der Waals surface area contributed by atoms with Gasteiger partial charge in [0, 0.05) is 17.9 Å². The largest absolute Gasteiger partial charge is 0.271 e. The van der Waals surface area contributed by atoms with Gasteiger partial charge in [0.25, 0.3) is 0 Å². The molecule has 1 aliphatic rings. The van der Waals surface area contributed by atoms with Crippen molar-refractivity contribution in [2.75, 3.05) is 0 Å². The Morgan fingerprint density at radius 3 is 2.53 bits per heavy atom. The van der Waals surface area contributed by atoms with E-state index in [0.29, 0.717) is 6.42 Å². The molecule has 2 heteroatoms. The number of nitrogens with one attached hydrogen (secondary N) is 1. The van der Waals surface area contributed by atoms with Gasteiger partial charge in [-0.2, -0.15) is 0 Å². The third-order valence-electron chi connectivity index (χ3n) is 3.33. The van der Waals surface area contributed by atoms with E-state index in [1.807, 2.05) is 6.07 Å². The summed E-state index contributed by atoms with van der Waals surface area (Å²) < 4.78 is 0. The van der Waals surface area contributed by atoms with Gasteiger partial charge in [-0.3, -0.25) is 11.3 Å². The van der Waals surface area contributed by atoms with Crippen LogP contribution >= 0.6 is 0 Å². The van der Waals surface area contributed by atoms with E-state index in [1.54, 1.807) is 0 Å². The Morgan fingerprint density at radius 2 is 2.07 bits per heavy atom. The van der Waals surface area contributed by atoms with E-state index in [0.717, 1.165) is 0 Å². The SMILES string of the molecule is C#CCC(NN)C1(c2ccccc2)CC1. The Kier molecular flexibility index (Phi) is 2.77. The number of hydrogen-bond acceptors (Lipinski definition) is 2. The van der Waals surface area contributed by atoms with Crippen LogP contribution in [0, 0.1) is 12.3 Å². The molecule has 0 aromatic heterocycles. The molecule has 0 radical (unpaired) electrons. The molecule has 0 heterocycles. The fraction of sp³-hybridized carbons (Fsp3) is 0.385. The molecule has 0 spiro atoms. The zero-order valence-electron chi connectivity index (χ0n) is 8.74. The van der Waals surface area contributed by atoms with Gasteiger partial charge in [0.1, 0.15) is 0 Å². The number of hydrazine groups is 1. The fourth-order valence-corrected chi connectivity index (χ4v) is 2.27. The average Bonchev–Trinajstić information content (AvgIpc) is 3.08. The first-order valence-corrected chi connectivity index (χ1v) is 5.28. The number of hydrogen-bond donors (Lipinski definition) is 2. The van der Waals surface area contributed by atoms with Gasteiger partial charge in [-0.05, 0) is 18.4 Å². The smallest absolute Gasteiger partial charge is 0.0416 e. The number of nitrogens with two attached hydrogens (primary N) is 1. The van der Waals surface area contributed by atoms with Crippen molar-refractivity contribution < 1.29 is 0 Å². The van der Waals surface area contributed by atoms with Crippen LogP contribution < -0.4 is 11.3 Å². The summed E-state index contributed by atoms with van der Waals surface area (Å²) in [7, 11) is 0. The second-order valence-electron chi connectivity index (χ2n) is 4.15. The monoisotopic (exact) mass is 200 g/mol. The van der Waals surface area contributed by atoms with Crippen LogP contribution in [0.5, 0.6) is 0 Å². The lowest BCUT2D eigenvalue weighted by Crippen LogP contribution is -2.43. The normalized spacial score (nSPS) is 19.2. The Hall–Kier alpha value is -1.30. The predicted molar refractivity (Wildman–Crippen MR) is 61.9 cm³/mol. The summed E-state index contributed by atoms with van der Waals surface area (Å²) >= 11 is 0. The minimum atomic E-state index is 0.183. The summed E-state index contributed by atoms with van der Waals surface area (Å²) in [6, 6.07) is 10.7.